The van der Waals surface area contributed by atoms with Crippen LogP contribution in [0.3, 0.4) is 0 Å². The van der Waals surface area contributed by atoms with Gasteiger partial charge >= 0.3 is 0 Å². The summed E-state index contributed by atoms with van der Waals surface area (Å²) >= 11 is 0. The van der Waals surface area contributed by atoms with Gasteiger partial charge in [0.25, 0.3) is 5.91 Å². The van der Waals surface area contributed by atoms with Crippen LogP contribution in [0.2, 0.25) is 0 Å². The Labute approximate surface area is 143 Å². The number of hydrogen-bond acceptors (Lipinski definition) is 4. The number of hydrogen-bond donors (Lipinski definition) is 2. The first-order valence-electron chi connectivity index (χ1n) is 8.25. The van der Waals surface area contributed by atoms with Crippen molar-refractivity contribution in [3.05, 3.63) is 53.4 Å². The first-order chi connectivity index (χ1) is 11.3. The lowest BCUT2D eigenvalue weighted by Crippen LogP contribution is -2.30. The minimum Gasteiger partial charge on any atom is -0.393 e. The molecule has 1 aromatic heterocycles. The van der Waals surface area contributed by atoms with Crippen LogP contribution in [0.15, 0.2) is 40.9 Å². The molecule has 1 amide bonds. The zero-order chi connectivity index (χ0) is 17.7. The maximum Gasteiger partial charge on any atom is 0.273 e. The van der Waals surface area contributed by atoms with E-state index in [2.05, 4.69) is 10.5 Å². The van der Waals surface area contributed by atoms with Crippen molar-refractivity contribution in [1.82, 2.24) is 10.5 Å². The molecule has 130 valence electrons. The summed E-state index contributed by atoms with van der Waals surface area (Å²) in [6.45, 7) is 8.20. The molecule has 24 heavy (non-hydrogen) atoms. The monoisotopic (exact) mass is 330 g/mol. The van der Waals surface area contributed by atoms with Gasteiger partial charge in [-0.1, -0.05) is 56.3 Å². The third-order valence-corrected chi connectivity index (χ3v) is 3.89. The largest absolute Gasteiger partial charge is 0.393 e. The van der Waals surface area contributed by atoms with Gasteiger partial charge in [0.2, 0.25) is 0 Å². The minimum absolute atomic E-state index is 0.0455. The Hall–Kier alpha value is -2.14. The molecule has 0 aliphatic heterocycles. The molecule has 2 aromatic rings. The fraction of sp³-hybridized carbons (Fsp3) is 0.474. The van der Waals surface area contributed by atoms with Crippen molar-refractivity contribution in [2.45, 2.75) is 51.6 Å². The van der Waals surface area contributed by atoms with Gasteiger partial charge in [-0.2, -0.15) is 0 Å². The van der Waals surface area contributed by atoms with Gasteiger partial charge in [0.15, 0.2) is 5.69 Å². The molecule has 0 aliphatic carbocycles. The van der Waals surface area contributed by atoms with Crippen LogP contribution in [0.4, 0.5) is 0 Å². The summed E-state index contributed by atoms with van der Waals surface area (Å²) in [5.41, 5.74) is 1.18. The highest BCUT2D eigenvalue weighted by atomic mass is 16.5. The lowest BCUT2D eigenvalue weighted by atomic mass is 9.93. The van der Waals surface area contributed by atoms with E-state index in [1.165, 1.54) is 0 Å². The van der Waals surface area contributed by atoms with E-state index in [4.69, 9.17) is 4.52 Å². The number of benzene rings is 1. The van der Waals surface area contributed by atoms with Crippen LogP contribution in [0, 0.1) is 0 Å². The molecule has 0 saturated carbocycles. The van der Waals surface area contributed by atoms with E-state index in [9.17, 15) is 9.90 Å². The quantitative estimate of drug-likeness (QED) is 0.852. The molecule has 5 nitrogen and oxygen atoms in total. The van der Waals surface area contributed by atoms with Crippen LogP contribution in [0.1, 0.15) is 61.8 Å². The SMILES string of the molecule is CC(O)CC(CNC(=O)c1cc(C(C)(C)C)on1)c1ccccc1. The molecule has 2 rings (SSSR count). The van der Waals surface area contributed by atoms with Crippen LogP contribution < -0.4 is 5.32 Å². The second-order valence-corrected chi connectivity index (χ2v) is 7.23. The van der Waals surface area contributed by atoms with Gasteiger partial charge in [-0.15, -0.1) is 0 Å². The van der Waals surface area contributed by atoms with Crippen molar-refractivity contribution in [2.75, 3.05) is 6.54 Å². The molecule has 0 spiro atoms. The summed E-state index contributed by atoms with van der Waals surface area (Å²) < 4.78 is 5.26. The zero-order valence-electron chi connectivity index (χ0n) is 14.7. The van der Waals surface area contributed by atoms with Gasteiger partial charge < -0.3 is 14.9 Å². The lowest BCUT2D eigenvalue weighted by molar-refractivity contribution is 0.0936. The molecule has 1 aromatic carbocycles. The normalized spacial score (nSPS) is 14.2. The molecule has 1 heterocycles. The third-order valence-electron chi connectivity index (χ3n) is 3.89. The van der Waals surface area contributed by atoms with Crippen LogP contribution in [-0.4, -0.2) is 28.8 Å². The first-order valence-corrected chi connectivity index (χ1v) is 8.25. The molecule has 2 atom stereocenters. The predicted octanol–water partition coefficient (Wildman–Crippen LogP) is 3.26. The van der Waals surface area contributed by atoms with E-state index in [0.29, 0.717) is 18.7 Å². The average molecular weight is 330 g/mol. The fourth-order valence-corrected chi connectivity index (χ4v) is 2.52. The van der Waals surface area contributed by atoms with Crippen LogP contribution in [-0.2, 0) is 5.41 Å². The summed E-state index contributed by atoms with van der Waals surface area (Å²) in [6, 6.07) is 11.6. The average Bonchev–Trinajstić information content (AvgIpc) is 3.02. The minimum atomic E-state index is -0.438. The number of carbonyl (C=O) groups excluding carboxylic acids is 1. The molecule has 2 unspecified atom stereocenters. The summed E-state index contributed by atoms with van der Waals surface area (Å²) in [5, 5.41) is 16.5. The summed E-state index contributed by atoms with van der Waals surface area (Å²) in [4.78, 5) is 12.3. The highest BCUT2D eigenvalue weighted by molar-refractivity contribution is 5.92. The molecule has 0 aliphatic rings. The van der Waals surface area contributed by atoms with E-state index < -0.39 is 6.10 Å². The number of rotatable bonds is 6. The number of nitrogens with zero attached hydrogens (tertiary/aromatic N) is 1. The Morgan fingerprint density at radius 2 is 1.96 bits per heavy atom. The van der Waals surface area contributed by atoms with E-state index in [-0.39, 0.29) is 22.9 Å². The van der Waals surface area contributed by atoms with Crippen LogP contribution >= 0.6 is 0 Å². The molecule has 2 N–H and O–H groups in total. The van der Waals surface area contributed by atoms with Crippen molar-refractivity contribution in [3.8, 4) is 0 Å². The lowest BCUT2D eigenvalue weighted by Gasteiger charge is -2.19. The summed E-state index contributed by atoms with van der Waals surface area (Å²) in [7, 11) is 0. The first kappa shape index (κ1) is 18.2. The van der Waals surface area contributed by atoms with Crippen molar-refractivity contribution in [2.24, 2.45) is 0 Å². The standard InChI is InChI=1S/C19H26N2O3/c1-13(22)10-15(14-8-6-5-7-9-14)12-20-18(23)16-11-17(24-21-16)19(2,3)4/h5-9,11,13,15,22H,10,12H2,1-4H3,(H,20,23). The number of aliphatic hydroxyl groups excluding tert-OH is 1. The van der Waals surface area contributed by atoms with Gasteiger partial charge in [0, 0.05) is 23.9 Å². The number of aliphatic hydroxyl groups is 1. The topological polar surface area (TPSA) is 75.4 Å². The maximum atomic E-state index is 12.3. The van der Waals surface area contributed by atoms with E-state index in [1.807, 2.05) is 51.1 Å². The Bertz CT molecular complexity index is 657. The van der Waals surface area contributed by atoms with Gasteiger partial charge in [0.05, 0.1) is 6.10 Å². The molecular formula is C19H26N2O3. The van der Waals surface area contributed by atoms with E-state index in [0.717, 1.165) is 5.56 Å². The molecule has 0 fully saturated rings. The van der Waals surface area contributed by atoms with Crippen LogP contribution in [0.25, 0.3) is 0 Å². The second-order valence-electron chi connectivity index (χ2n) is 7.23. The van der Waals surface area contributed by atoms with Crippen molar-refractivity contribution < 1.29 is 14.4 Å². The number of carbonyl (C=O) groups is 1. The maximum absolute atomic E-state index is 12.3. The smallest absolute Gasteiger partial charge is 0.273 e. The molecule has 0 bridgehead atoms. The Morgan fingerprint density at radius 3 is 2.50 bits per heavy atom. The van der Waals surface area contributed by atoms with Gasteiger partial charge in [-0.25, -0.2) is 0 Å². The Kier molecular flexibility index (Phi) is 5.78. The van der Waals surface area contributed by atoms with E-state index >= 15 is 0 Å². The van der Waals surface area contributed by atoms with Gasteiger partial charge in [0.1, 0.15) is 5.76 Å². The fourth-order valence-electron chi connectivity index (χ4n) is 2.52. The molecule has 5 heteroatoms. The molecular weight excluding hydrogens is 304 g/mol. The van der Waals surface area contributed by atoms with E-state index in [1.54, 1.807) is 13.0 Å². The highest BCUT2D eigenvalue weighted by Crippen LogP contribution is 2.23. The predicted molar refractivity (Wildman–Crippen MR) is 93.0 cm³/mol. The number of amides is 1. The Morgan fingerprint density at radius 1 is 1.29 bits per heavy atom. The van der Waals surface area contributed by atoms with Gasteiger partial charge in [-0.3, -0.25) is 4.79 Å². The van der Waals surface area contributed by atoms with Crippen molar-refractivity contribution >= 4 is 5.91 Å². The van der Waals surface area contributed by atoms with Crippen molar-refractivity contribution in [3.63, 3.8) is 0 Å². The number of nitrogens with one attached hydrogen (secondary N) is 1. The zero-order valence-corrected chi connectivity index (χ0v) is 14.7. The van der Waals surface area contributed by atoms with Crippen LogP contribution in [0.5, 0.6) is 0 Å². The summed E-state index contributed by atoms with van der Waals surface area (Å²) in [5.74, 6) is 0.459. The van der Waals surface area contributed by atoms with Gasteiger partial charge in [-0.05, 0) is 18.9 Å². The molecule has 0 radical (unpaired) electrons. The second kappa shape index (κ2) is 7.62. The molecule has 0 saturated heterocycles. The third kappa shape index (κ3) is 4.93. The number of aromatic nitrogens is 1. The summed E-state index contributed by atoms with van der Waals surface area (Å²) in [6.07, 6.45) is 0.141. The Balaban J connectivity index is 2.03. The van der Waals surface area contributed by atoms with Crippen molar-refractivity contribution in [1.29, 1.82) is 0 Å². The highest BCUT2D eigenvalue weighted by Gasteiger charge is 2.23.